The van der Waals surface area contributed by atoms with Crippen LogP contribution in [0.25, 0.3) is 0 Å². The first-order chi connectivity index (χ1) is 7.79. The Morgan fingerprint density at radius 1 is 1.26 bits per heavy atom. The van der Waals surface area contributed by atoms with Crippen molar-refractivity contribution in [2.75, 3.05) is 19.3 Å². The number of carbonyl (C=O) groups excluding carboxylic acids is 1. The fourth-order valence-electron chi connectivity index (χ4n) is 0.898. The minimum atomic E-state index is -5.19. The van der Waals surface area contributed by atoms with Gasteiger partial charge in [-0.15, -0.1) is 0 Å². The molecule has 0 saturated heterocycles. The number of carboxylic acids is 1. The molecule has 0 bridgehead atoms. The zero-order chi connectivity index (χ0) is 14.8. The van der Waals surface area contributed by atoms with Crippen LogP contribution in [0.5, 0.6) is 0 Å². The van der Waals surface area contributed by atoms with E-state index in [0.717, 1.165) is 7.05 Å². The van der Waals surface area contributed by atoms with Crippen LogP contribution in [-0.2, 0) is 14.8 Å². The second kappa shape index (κ2) is 7.21. The average Bonchev–Trinajstić information content (AvgIpc) is 2.12. The fraction of sp³-hybridized carbons (Fsp3) is 0.875. The number of nitrogens with zero attached hydrogens (tertiary/aromatic N) is 1. The van der Waals surface area contributed by atoms with E-state index >= 15 is 0 Å². The molecule has 1 atom stereocenters. The zero-order valence-corrected chi connectivity index (χ0v) is 13.4. The number of aliphatic carboxylic acids is 1. The molecule has 5 nitrogen and oxygen atoms in total. The monoisotopic (exact) mass is 317 g/mol. The largest absolute Gasteiger partial charge is 1.00 e. The molecule has 0 amide bonds. The molecule has 0 N–H and O–H groups in total. The Labute approximate surface area is 130 Å². The molecule has 0 aromatic heterocycles. The van der Waals surface area contributed by atoms with E-state index < -0.39 is 46.6 Å². The molecule has 0 fully saturated rings. The van der Waals surface area contributed by atoms with Gasteiger partial charge in [0.05, 0.1) is 18.3 Å². The van der Waals surface area contributed by atoms with E-state index in [0.29, 0.717) is 4.31 Å². The number of hydrogen-bond donors (Lipinski definition) is 0. The van der Waals surface area contributed by atoms with Gasteiger partial charge in [-0.2, -0.15) is 17.5 Å². The van der Waals surface area contributed by atoms with E-state index in [1.165, 1.54) is 0 Å². The van der Waals surface area contributed by atoms with Gasteiger partial charge in [-0.1, -0.05) is 0 Å². The van der Waals surface area contributed by atoms with Crippen LogP contribution in [0.15, 0.2) is 0 Å². The fourth-order valence-corrected chi connectivity index (χ4v) is 2.15. The molecule has 19 heavy (non-hydrogen) atoms. The van der Waals surface area contributed by atoms with Gasteiger partial charge in [0.1, 0.15) is 0 Å². The summed E-state index contributed by atoms with van der Waals surface area (Å²) < 4.78 is 72.5. The quantitative estimate of drug-likeness (QED) is 0.379. The summed E-state index contributed by atoms with van der Waals surface area (Å²) in [5.74, 6) is -2.86. The van der Waals surface area contributed by atoms with Gasteiger partial charge in [0.15, 0.2) is 0 Å². The maximum atomic E-state index is 13.1. The first-order valence-electron chi connectivity index (χ1n) is 4.69. The molecule has 0 aromatic rings. The number of sulfonamides is 1. The number of hydrogen-bond acceptors (Lipinski definition) is 4. The minimum absolute atomic E-state index is 0. The van der Waals surface area contributed by atoms with Crippen molar-refractivity contribution in [2.45, 2.75) is 25.2 Å². The van der Waals surface area contributed by atoms with Crippen LogP contribution in [0.2, 0.25) is 0 Å². The SMILES string of the molecule is CN(CC(=O)[O-])S(=O)(=O)CCC(C)(F)C(F)(F)F.[Na+]. The van der Waals surface area contributed by atoms with Crippen molar-refractivity contribution in [3.63, 3.8) is 0 Å². The van der Waals surface area contributed by atoms with E-state index in [1.54, 1.807) is 0 Å². The normalized spacial score (nSPS) is 15.7. The summed E-state index contributed by atoms with van der Waals surface area (Å²) in [4.78, 5) is 10.1. The van der Waals surface area contributed by atoms with Gasteiger partial charge in [0, 0.05) is 13.5 Å². The van der Waals surface area contributed by atoms with Gasteiger partial charge >= 0.3 is 35.7 Å². The van der Waals surface area contributed by atoms with Crippen molar-refractivity contribution >= 4 is 16.0 Å². The Bertz CT molecular complexity index is 409. The predicted octanol–water partition coefficient (Wildman–Crippen LogP) is -3.32. The molecule has 0 spiro atoms. The predicted molar refractivity (Wildman–Crippen MR) is 51.6 cm³/mol. The van der Waals surface area contributed by atoms with E-state index in [9.17, 15) is 35.9 Å². The number of alkyl halides is 4. The maximum Gasteiger partial charge on any atom is 1.00 e. The minimum Gasteiger partial charge on any atom is -0.549 e. The number of carboxylic acid groups (broad SMARTS) is 1. The molecule has 0 rings (SSSR count). The van der Waals surface area contributed by atoms with Gasteiger partial charge in [-0.25, -0.2) is 12.8 Å². The Hall–Kier alpha value is 0.1000. The van der Waals surface area contributed by atoms with Crippen molar-refractivity contribution in [3.8, 4) is 0 Å². The molecule has 0 aliphatic rings. The number of likely N-dealkylation sites (N-methyl/N-ethyl adjacent to an activating group) is 1. The summed E-state index contributed by atoms with van der Waals surface area (Å²) >= 11 is 0. The zero-order valence-electron chi connectivity index (χ0n) is 10.6. The van der Waals surface area contributed by atoms with E-state index in [4.69, 9.17) is 0 Å². The Balaban J connectivity index is 0. The first kappa shape index (κ1) is 21.4. The van der Waals surface area contributed by atoms with Crippen LogP contribution < -0.4 is 34.7 Å². The van der Waals surface area contributed by atoms with Crippen LogP contribution >= 0.6 is 0 Å². The number of rotatable bonds is 6. The van der Waals surface area contributed by atoms with Gasteiger partial charge in [0.25, 0.3) is 0 Å². The Morgan fingerprint density at radius 2 is 1.68 bits per heavy atom. The van der Waals surface area contributed by atoms with Crippen LogP contribution in [0, 0.1) is 0 Å². The molecule has 0 aliphatic heterocycles. The summed E-state index contributed by atoms with van der Waals surface area (Å²) in [5, 5.41) is 10.1. The van der Waals surface area contributed by atoms with Crippen molar-refractivity contribution in [3.05, 3.63) is 0 Å². The standard InChI is InChI=1S/C8H13F4NO4S.Na/c1-7(9,8(10,11)12)3-4-18(16,17)13(2)5-6(14)15;/h3-5H2,1-2H3,(H,14,15);/q;+1/p-1. The topological polar surface area (TPSA) is 77.5 Å². The molecule has 1 unspecified atom stereocenters. The summed E-state index contributed by atoms with van der Waals surface area (Å²) in [6.07, 6.45) is -6.49. The van der Waals surface area contributed by atoms with Gasteiger partial charge in [0.2, 0.25) is 15.7 Å². The number of halogens is 4. The molecule has 11 heteroatoms. The Morgan fingerprint density at radius 3 is 2.00 bits per heavy atom. The second-order valence-electron chi connectivity index (χ2n) is 3.89. The summed E-state index contributed by atoms with van der Waals surface area (Å²) in [7, 11) is -3.42. The third-order valence-electron chi connectivity index (χ3n) is 2.25. The van der Waals surface area contributed by atoms with Crippen molar-refractivity contribution in [1.29, 1.82) is 0 Å². The molecule has 108 valence electrons. The van der Waals surface area contributed by atoms with Crippen molar-refractivity contribution in [1.82, 2.24) is 4.31 Å². The van der Waals surface area contributed by atoms with Gasteiger partial charge in [-0.05, 0) is 6.92 Å². The first-order valence-corrected chi connectivity index (χ1v) is 6.30. The molecular formula is C8H12F4NNaO4S. The summed E-state index contributed by atoms with van der Waals surface area (Å²) in [6.45, 7) is -0.779. The molecule has 0 heterocycles. The smallest absolute Gasteiger partial charge is 0.549 e. The third kappa shape index (κ3) is 6.89. The van der Waals surface area contributed by atoms with Gasteiger partial charge < -0.3 is 9.90 Å². The third-order valence-corrected chi connectivity index (χ3v) is 4.05. The van der Waals surface area contributed by atoms with Crippen LogP contribution in [0.4, 0.5) is 17.6 Å². The van der Waals surface area contributed by atoms with Crippen LogP contribution in [-0.4, -0.2) is 49.9 Å². The van der Waals surface area contributed by atoms with E-state index in [2.05, 4.69) is 0 Å². The summed E-state index contributed by atoms with van der Waals surface area (Å²) in [5.41, 5.74) is -3.65. The van der Waals surface area contributed by atoms with Crippen molar-refractivity contribution in [2.24, 2.45) is 0 Å². The van der Waals surface area contributed by atoms with Crippen molar-refractivity contribution < 1.29 is 65.4 Å². The van der Waals surface area contributed by atoms with Crippen LogP contribution in [0.3, 0.4) is 0 Å². The van der Waals surface area contributed by atoms with E-state index in [1.807, 2.05) is 0 Å². The summed E-state index contributed by atoms with van der Waals surface area (Å²) in [6, 6.07) is 0. The van der Waals surface area contributed by atoms with Gasteiger partial charge in [-0.3, -0.25) is 0 Å². The number of carbonyl (C=O) groups is 1. The molecule has 0 aromatic carbocycles. The molecule has 0 radical (unpaired) electrons. The van der Waals surface area contributed by atoms with Crippen LogP contribution in [0.1, 0.15) is 13.3 Å². The van der Waals surface area contributed by atoms with E-state index in [-0.39, 0.29) is 36.5 Å². The molecule has 0 aliphatic carbocycles. The molecule has 0 saturated carbocycles. The Kier molecular flexibility index (Phi) is 8.12. The maximum absolute atomic E-state index is 13.1. The average molecular weight is 317 g/mol. The second-order valence-corrected chi connectivity index (χ2v) is 6.08. The molecular weight excluding hydrogens is 305 g/mol.